The molecule has 0 aromatic carbocycles. The number of carbonyl (C=O) groups is 3. The standard InChI is InChI=1S/C15H22N2O5/c1-9-11(13(19)20)7-10(22-9)8-17-12(18)5-6-16-14(21)15(2,3)4/h7H,5-6,8H2,1-4H3,(H,16,21)(H,17,18)(H,19,20). The lowest BCUT2D eigenvalue weighted by Crippen LogP contribution is -2.37. The van der Waals surface area contributed by atoms with E-state index in [-0.39, 0.29) is 36.9 Å². The van der Waals surface area contributed by atoms with E-state index in [0.717, 1.165) is 0 Å². The maximum absolute atomic E-state index is 11.7. The molecule has 7 heteroatoms. The van der Waals surface area contributed by atoms with Crippen LogP contribution in [0.5, 0.6) is 0 Å². The number of amides is 2. The minimum absolute atomic E-state index is 0.0849. The number of nitrogens with one attached hydrogen (secondary N) is 2. The molecule has 3 N–H and O–H groups in total. The maximum Gasteiger partial charge on any atom is 0.339 e. The molecule has 0 aliphatic carbocycles. The summed E-state index contributed by atoms with van der Waals surface area (Å²) < 4.78 is 5.25. The number of aryl methyl sites for hydroxylation is 1. The molecule has 0 aliphatic heterocycles. The second-order valence-corrected chi connectivity index (χ2v) is 6.02. The first-order valence-corrected chi connectivity index (χ1v) is 6.99. The molecule has 0 saturated heterocycles. The van der Waals surface area contributed by atoms with Crippen LogP contribution in [-0.4, -0.2) is 29.4 Å². The van der Waals surface area contributed by atoms with Crippen molar-refractivity contribution in [3.05, 3.63) is 23.2 Å². The lowest BCUT2D eigenvalue weighted by molar-refractivity contribution is -0.128. The van der Waals surface area contributed by atoms with Gasteiger partial charge in [-0.3, -0.25) is 9.59 Å². The van der Waals surface area contributed by atoms with E-state index in [1.165, 1.54) is 6.07 Å². The van der Waals surface area contributed by atoms with Crippen molar-refractivity contribution in [2.45, 2.75) is 40.7 Å². The fourth-order valence-electron chi connectivity index (χ4n) is 1.67. The van der Waals surface area contributed by atoms with Gasteiger partial charge in [-0.1, -0.05) is 20.8 Å². The van der Waals surface area contributed by atoms with E-state index >= 15 is 0 Å². The summed E-state index contributed by atoms with van der Waals surface area (Å²) in [5.74, 6) is -0.756. The first kappa shape index (κ1) is 17.7. The van der Waals surface area contributed by atoms with Gasteiger partial charge in [-0.25, -0.2) is 4.79 Å². The molecule has 0 aliphatic rings. The number of carboxylic acid groups (broad SMARTS) is 1. The van der Waals surface area contributed by atoms with Crippen molar-refractivity contribution in [3.8, 4) is 0 Å². The van der Waals surface area contributed by atoms with Crippen LogP contribution in [-0.2, 0) is 16.1 Å². The molecule has 122 valence electrons. The van der Waals surface area contributed by atoms with E-state index in [1.807, 2.05) is 0 Å². The summed E-state index contributed by atoms with van der Waals surface area (Å²) in [4.78, 5) is 34.1. The van der Waals surface area contributed by atoms with Gasteiger partial charge in [0.25, 0.3) is 0 Å². The van der Waals surface area contributed by atoms with Gasteiger partial charge in [0.1, 0.15) is 17.1 Å². The number of hydrogen-bond donors (Lipinski definition) is 3. The zero-order chi connectivity index (χ0) is 16.9. The van der Waals surface area contributed by atoms with Gasteiger partial charge in [0.15, 0.2) is 0 Å². The number of hydrogen-bond acceptors (Lipinski definition) is 4. The van der Waals surface area contributed by atoms with Gasteiger partial charge < -0.3 is 20.2 Å². The Morgan fingerprint density at radius 3 is 2.36 bits per heavy atom. The highest BCUT2D eigenvalue weighted by Crippen LogP contribution is 2.14. The van der Waals surface area contributed by atoms with E-state index in [0.29, 0.717) is 11.5 Å². The Morgan fingerprint density at radius 1 is 1.23 bits per heavy atom. The van der Waals surface area contributed by atoms with Crippen LogP contribution in [0.15, 0.2) is 10.5 Å². The Kier molecular flexibility index (Phi) is 5.73. The van der Waals surface area contributed by atoms with Gasteiger partial charge in [0.2, 0.25) is 11.8 Å². The van der Waals surface area contributed by atoms with Crippen molar-refractivity contribution in [1.29, 1.82) is 0 Å². The third kappa shape index (κ3) is 5.23. The van der Waals surface area contributed by atoms with Crippen molar-refractivity contribution in [1.82, 2.24) is 10.6 Å². The Bertz CT molecular complexity index is 569. The highest BCUT2D eigenvalue weighted by atomic mass is 16.4. The van der Waals surface area contributed by atoms with E-state index in [9.17, 15) is 14.4 Å². The molecule has 0 atom stereocenters. The smallest absolute Gasteiger partial charge is 0.339 e. The van der Waals surface area contributed by atoms with Gasteiger partial charge in [-0.05, 0) is 13.0 Å². The minimum atomic E-state index is -1.07. The molecule has 22 heavy (non-hydrogen) atoms. The molecule has 2 amide bonds. The predicted octanol–water partition coefficient (Wildman–Crippen LogP) is 1.45. The van der Waals surface area contributed by atoms with Gasteiger partial charge in [0, 0.05) is 18.4 Å². The summed E-state index contributed by atoms with van der Waals surface area (Å²) in [5.41, 5.74) is -0.406. The normalized spacial score (nSPS) is 11.1. The van der Waals surface area contributed by atoms with Crippen molar-refractivity contribution in [2.75, 3.05) is 6.54 Å². The first-order chi connectivity index (χ1) is 10.1. The van der Waals surface area contributed by atoms with Crippen molar-refractivity contribution < 1.29 is 23.9 Å². The average Bonchev–Trinajstić information content (AvgIpc) is 2.76. The summed E-state index contributed by atoms with van der Waals surface area (Å²) in [6.45, 7) is 7.29. The molecule has 1 heterocycles. The highest BCUT2D eigenvalue weighted by molar-refractivity contribution is 5.88. The van der Waals surface area contributed by atoms with Crippen LogP contribution in [0.4, 0.5) is 0 Å². The Balaban J connectivity index is 2.36. The first-order valence-electron chi connectivity index (χ1n) is 6.99. The molecule has 0 bridgehead atoms. The summed E-state index contributed by atoms with van der Waals surface area (Å²) >= 11 is 0. The molecule has 0 radical (unpaired) electrons. The van der Waals surface area contributed by atoms with Crippen LogP contribution in [0.1, 0.15) is 49.1 Å². The van der Waals surface area contributed by atoms with Gasteiger partial charge in [-0.15, -0.1) is 0 Å². The summed E-state index contributed by atoms with van der Waals surface area (Å²) in [6, 6.07) is 1.39. The molecular weight excluding hydrogens is 288 g/mol. The molecule has 0 spiro atoms. The van der Waals surface area contributed by atoms with Crippen LogP contribution in [0.2, 0.25) is 0 Å². The van der Waals surface area contributed by atoms with Crippen LogP contribution in [0, 0.1) is 12.3 Å². The van der Waals surface area contributed by atoms with Crippen LogP contribution < -0.4 is 10.6 Å². The van der Waals surface area contributed by atoms with E-state index in [1.54, 1.807) is 27.7 Å². The molecule has 0 fully saturated rings. The largest absolute Gasteiger partial charge is 0.478 e. The number of carbonyl (C=O) groups excluding carboxylic acids is 2. The second kappa shape index (κ2) is 7.11. The van der Waals surface area contributed by atoms with E-state index < -0.39 is 11.4 Å². The fourth-order valence-corrected chi connectivity index (χ4v) is 1.67. The van der Waals surface area contributed by atoms with E-state index in [2.05, 4.69) is 10.6 Å². The molecule has 0 saturated carbocycles. The fraction of sp³-hybridized carbons (Fsp3) is 0.533. The van der Waals surface area contributed by atoms with Crippen molar-refractivity contribution in [3.63, 3.8) is 0 Å². The molecule has 1 aromatic rings. The number of furan rings is 1. The monoisotopic (exact) mass is 310 g/mol. The number of carboxylic acids is 1. The van der Waals surface area contributed by atoms with Gasteiger partial charge >= 0.3 is 5.97 Å². The minimum Gasteiger partial charge on any atom is -0.478 e. The Morgan fingerprint density at radius 2 is 1.86 bits per heavy atom. The summed E-state index contributed by atoms with van der Waals surface area (Å²) in [6.07, 6.45) is 0.146. The van der Waals surface area contributed by atoms with Crippen molar-refractivity contribution >= 4 is 17.8 Å². The average molecular weight is 310 g/mol. The van der Waals surface area contributed by atoms with Crippen molar-refractivity contribution in [2.24, 2.45) is 5.41 Å². The summed E-state index contributed by atoms with van der Waals surface area (Å²) in [7, 11) is 0. The third-order valence-corrected chi connectivity index (χ3v) is 2.98. The lowest BCUT2D eigenvalue weighted by Gasteiger charge is -2.17. The van der Waals surface area contributed by atoms with Crippen LogP contribution in [0.25, 0.3) is 0 Å². The van der Waals surface area contributed by atoms with Gasteiger partial charge in [0.05, 0.1) is 6.54 Å². The predicted molar refractivity (Wildman–Crippen MR) is 79.3 cm³/mol. The number of rotatable bonds is 6. The zero-order valence-electron chi connectivity index (χ0n) is 13.3. The Hall–Kier alpha value is -2.31. The topological polar surface area (TPSA) is 109 Å². The zero-order valence-corrected chi connectivity index (χ0v) is 13.3. The lowest BCUT2D eigenvalue weighted by atomic mass is 9.96. The number of aromatic carboxylic acids is 1. The molecule has 1 rings (SSSR count). The molecule has 0 unspecified atom stereocenters. The quantitative estimate of drug-likeness (QED) is 0.737. The van der Waals surface area contributed by atoms with E-state index in [4.69, 9.17) is 9.52 Å². The second-order valence-electron chi connectivity index (χ2n) is 6.02. The van der Waals surface area contributed by atoms with Crippen LogP contribution in [0.3, 0.4) is 0 Å². The Labute approximate surface area is 129 Å². The molecule has 1 aromatic heterocycles. The van der Waals surface area contributed by atoms with Crippen LogP contribution >= 0.6 is 0 Å². The molecular formula is C15H22N2O5. The SMILES string of the molecule is Cc1oc(CNC(=O)CCNC(=O)C(C)(C)C)cc1C(=O)O. The summed E-state index contributed by atoms with van der Waals surface area (Å²) in [5, 5.41) is 14.2. The van der Waals surface area contributed by atoms with Gasteiger partial charge in [-0.2, -0.15) is 0 Å². The third-order valence-electron chi connectivity index (χ3n) is 2.98. The maximum atomic E-state index is 11.7. The molecule has 7 nitrogen and oxygen atoms in total. The highest BCUT2D eigenvalue weighted by Gasteiger charge is 2.20.